The lowest BCUT2D eigenvalue weighted by atomic mass is 10.1. The Morgan fingerprint density at radius 3 is 2.05 bits per heavy atom. The number of benzene rings is 1. The minimum Gasteiger partial charge on any atom is -0.489 e. The second-order valence-corrected chi connectivity index (χ2v) is 7.12. The Morgan fingerprint density at radius 2 is 1.60 bits per heavy atom. The van der Waals surface area contributed by atoms with Gasteiger partial charge in [0.25, 0.3) is 0 Å². The van der Waals surface area contributed by atoms with E-state index in [-0.39, 0.29) is 6.10 Å². The number of hydrogen-bond donors (Lipinski definition) is 1. The Hall–Kier alpha value is -0.540. The van der Waals surface area contributed by atoms with Crippen LogP contribution in [0.15, 0.2) is 16.6 Å². The highest BCUT2D eigenvalue weighted by atomic mass is 79.9. The molecular weight excluding hydrogens is 314 g/mol. The third kappa shape index (κ3) is 5.45. The van der Waals surface area contributed by atoms with Gasteiger partial charge >= 0.3 is 0 Å². The maximum atomic E-state index is 6.19. The van der Waals surface area contributed by atoms with Gasteiger partial charge in [-0.2, -0.15) is 0 Å². The average molecular weight is 342 g/mol. The van der Waals surface area contributed by atoms with Gasteiger partial charge in [-0.3, -0.25) is 0 Å². The van der Waals surface area contributed by atoms with Crippen LogP contribution in [0.4, 0.5) is 0 Å². The Balaban J connectivity index is 2.70. The molecule has 114 valence electrons. The molecule has 0 radical (unpaired) electrons. The Morgan fingerprint density at radius 1 is 1.05 bits per heavy atom. The van der Waals surface area contributed by atoms with Crippen LogP contribution in [0.3, 0.4) is 0 Å². The topological polar surface area (TPSA) is 21.3 Å². The normalized spacial score (nSPS) is 13.1. The molecule has 0 amide bonds. The summed E-state index contributed by atoms with van der Waals surface area (Å²) >= 11 is 3.60. The van der Waals surface area contributed by atoms with Gasteiger partial charge < -0.3 is 10.1 Å². The van der Waals surface area contributed by atoms with Crippen LogP contribution in [0.25, 0.3) is 0 Å². The number of ether oxygens (including phenoxy) is 1. The molecule has 0 fully saturated rings. The molecule has 0 aromatic heterocycles. The maximum absolute atomic E-state index is 6.19. The van der Waals surface area contributed by atoms with Crippen LogP contribution >= 0.6 is 15.9 Å². The van der Waals surface area contributed by atoms with Crippen molar-refractivity contribution in [2.45, 2.75) is 47.6 Å². The Labute approximate surface area is 132 Å². The molecule has 0 aliphatic carbocycles. The predicted molar refractivity (Wildman–Crippen MR) is 90.6 cm³/mol. The standard InChI is InChI=1S/C17H28BrNO/c1-11(2)9-19-10-16(12(3)4)20-15-7-13(5)17(18)14(6)8-15/h7-8,11-12,16,19H,9-10H2,1-6H3. The fourth-order valence-electron chi connectivity index (χ4n) is 2.08. The van der Waals surface area contributed by atoms with E-state index in [0.29, 0.717) is 11.8 Å². The molecule has 1 rings (SSSR count). The van der Waals surface area contributed by atoms with Gasteiger partial charge in [-0.15, -0.1) is 0 Å². The average Bonchev–Trinajstić information content (AvgIpc) is 2.34. The second kappa shape index (κ2) is 8.04. The molecule has 1 unspecified atom stereocenters. The first kappa shape index (κ1) is 17.5. The first-order valence-corrected chi connectivity index (χ1v) is 8.24. The molecule has 0 spiro atoms. The van der Waals surface area contributed by atoms with Crippen molar-refractivity contribution in [3.05, 3.63) is 27.7 Å². The van der Waals surface area contributed by atoms with Crippen LogP contribution in [0.5, 0.6) is 5.75 Å². The van der Waals surface area contributed by atoms with Crippen molar-refractivity contribution in [2.24, 2.45) is 11.8 Å². The zero-order valence-corrected chi connectivity index (χ0v) is 15.2. The largest absolute Gasteiger partial charge is 0.489 e. The van der Waals surface area contributed by atoms with Crippen molar-refractivity contribution in [1.29, 1.82) is 0 Å². The summed E-state index contributed by atoms with van der Waals surface area (Å²) < 4.78 is 7.36. The van der Waals surface area contributed by atoms with Crippen molar-refractivity contribution in [1.82, 2.24) is 5.32 Å². The third-order valence-electron chi connectivity index (χ3n) is 3.34. The van der Waals surface area contributed by atoms with Crippen LogP contribution in [-0.2, 0) is 0 Å². The maximum Gasteiger partial charge on any atom is 0.120 e. The number of nitrogens with one attached hydrogen (secondary N) is 1. The summed E-state index contributed by atoms with van der Waals surface area (Å²) in [5.74, 6) is 2.12. The summed E-state index contributed by atoms with van der Waals surface area (Å²) in [6.07, 6.45) is 0.203. The Bertz CT molecular complexity index is 406. The number of hydrogen-bond acceptors (Lipinski definition) is 2. The van der Waals surface area contributed by atoms with Crippen LogP contribution in [0.2, 0.25) is 0 Å². The lowest BCUT2D eigenvalue weighted by molar-refractivity contribution is 0.148. The highest BCUT2D eigenvalue weighted by Gasteiger charge is 2.16. The van der Waals surface area contributed by atoms with E-state index < -0.39 is 0 Å². The molecule has 20 heavy (non-hydrogen) atoms. The van der Waals surface area contributed by atoms with E-state index in [1.165, 1.54) is 15.6 Å². The Kier molecular flexibility index (Phi) is 7.04. The summed E-state index contributed by atoms with van der Waals surface area (Å²) in [6, 6.07) is 4.21. The molecule has 1 aromatic rings. The van der Waals surface area contributed by atoms with Gasteiger partial charge in [0, 0.05) is 11.0 Å². The molecule has 0 aliphatic rings. The highest BCUT2D eigenvalue weighted by molar-refractivity contribution is 9.10. The molecule has 3 heteroatoms. The minimum absolute atomic E-state index is 0.203. The molecule has 0 saturated heterocycles. The first-order chi connectivity index (χ1) is 9.31. The lowest BCUT2D eigenvalue weighted by Gasteiger charge is -2.24. The SMILES string of the molecule is Cc1cc(OC(CNCC(C)C)C(C)C)cc(C)c1Br. The fourth-order valence-corrected chi connectivity index (χ4v) is 2.31. The van der Waals surface area contributed by atoms with Crippen molar-refractivity contribution >= 4 is 15.9 Å². The fraction of sp³-hybridized carbons (Fsp3) is 0.647. The van der Waals surface area contributed by atoms with E-state index in [4.69, 9.17) is 4.74 Å². The van der Waals surface area contributed by atoms with Crippen LogP contribution in [-0.4, -0.2) is 19.2 Å². The van der Waals surface area contributed by atoms with Gasteiger partial charge in [-0.1, -0.05) is 43.6 Å². The second-order valence-electron chi connectivity index (χ2n) is 6.32. The first-order valence-electron chi connectivity index (χ1n) is 7.45. The van der Waals surface area contributed by atoms with Crippen LogP contribution in [0, 0.1) is 25.7 Å². The quantitative estimate of drug-likeness (QED) is 0.774. The summed E-state index contributed by atoms with van der Waals surface area (Å²) in [6.45, 7) is 15.0. The number of rotatable bonds is 7. The molecule has 0 bridgehead atoms. The van der Waals surface area contributed by atoms with Gasteiger partial charge in [-0.05, 0) is 55.5 Å². The van der Waals surface area contributed by atoms with E-state index in [2.05, 4.69) is 74.9 Å². The van der Waals surface area contributed by atoms with E-state index in [1.54, 1.807) is 0 Å². The summed E-state index contributed by atoms with van der Waals surface area (Å²) in [4.78, 5) is 0. The minimum atomic E-state index is 0.203. The molecule has 1 aromatic carbocycles. The molecule has 1 atom stereocenters. The lowest BCUT2D eigenvalue weighted by Crippen LogP contribution is -2.36. The molecule has 2 nitrogen and oxygen atoms in total. The van der Waals surface area contributed by atoms with Crippen molar-refractivity contribution < 1.29 is 4.74 Å². The van der Waals surface area contributed by atoms with E-state index in [0.717, 1.165) is 18.8 Å². The van der Waals surface area contributed by atoms with Gasteiger partial charge in [0.2, 0.25) is 0 Å². The zero-order valence-electron chi connectivity index (χ0n) is 13.6. The van der Waals surface area contributed by atoms with E-state index >= 15 is 0 Å². The molecule has 0 heterocycles. The molecule has 1 N–H and O–H groups in total. The zero-order chi connectivity index (χ0) is 15.3. The van der Waals surface area contributed by atoms with Crippen molar-refractivity contribution in [2.75, 3.05) is 13.1 Å². The number of aryl methyl sites for hydroxylation is 2. The third-order valence-corrected chi connectivity index (χ3v) is 4.59. The molecule has 0 aliphatic heterocycles. The predicted octanol–water partition coefficient (Wildman–Crippen LogP) is 4.71. The summed E-state index contributed by atoms with van der Waals surface area (Å²) in [5.41, 5.74) is 2.44. The highest BCUT2D eigenvalue weighted by Crippen LogP contribution is 2.27. The van der Waals surface area contributed by atoms with Gasteiger partial charge in [-0.25, -0.2) is 0 Å². The smallest absolute Gasteiger partial charge is 0.120 e. The van der Waals surface area contributed by atoms with E-state index in [9.17, 15) is 0 Å². The van der Waals surface area contributed by atoms with Gasteiger partial charge in [0.1, 0.15) is 11.9 Å². The molecule has 0 saturated carbocycles. The summed E-state index contributed by atoms with van der Waals surface area (Å²) in [5, 5.41) is 3.49. The molecular formula is C17H28BrNO. The van der Waals surface area contributed by atoms with Crippen molar-refractivity contribution in [3.8, 4) is 5.75 Å². The van der Waals surface area contributed by atoms with Gasteiger partial charge in [0.15, 0.2) is 0 Å². The van der Waals surface area contributed by atoms with E-state index in [1.807, 2.05) is 0 Å². The van der Waals surface area contributed by atoms with Crippen LogP contribution < -0.4 is 10.1 Å². The van der Waals surface area contributed by atoms with Crippen molar-refractivity contribution in [3.63, 3.8) is 0 Å². The number of halogens is 1. The van der Waals surface area contributed by atoms with Gasteiger partial charge in [0.05, 0.1) is 0 Å². The summed E-state index contributed by atoms with van der Waals surface area (Å²) in [7, 11) is 0. The van der Waals surface area contributed by atoms with Crippen LogP contribution in [0.1, 0.15) is 38.8 Å². The monoisotopic (exact) mass is 341 g/mol.